The van der Waals surface area contributed by atoms with Gasteiger partial charge in [0, 0.05) is 24.8 Å². The van der Waals surface area contributed by atoms with Crippen molar-refractivity contribution in [2.45, 2.75) is 44.3 Å². The molecule has 1 saturated heterocycles. The summed E-state index contributed by atoms with van der Waals surface area (Å²) >= 11 is 0.878. The van der Waals surface area contributed by atoms with Crippen molar-refractivity contribution in [3.8, 4) is 11.5 Å². The Bertz CT molecular complexity index is 1200. The topological polar surface area (TPSA) is 122 Å². The molecule has 2 fully saturated rings. The summed E-state index contributed by atoms with van der Waals surface area (Å²) in [5, 5.41) is 8.91. The second kappa shape index (κ2) is 10.2. The van der Waals surface area contributed by atoms with Crippen molar-refractivity contribution >= 4 is 34.9 Å². The highest BCUT2D eigenvalue weighted by atomic mass is 32.2. The first-order chi connectivity index (χ1) is 16.6. The molecule has 0 spiro atoms. The fraction of sp³-hybridized carbons (Fsp3) is 0.292. The van der Waals surface area contributed by atoms with Gasteiger partial charge in [-0.3, -0.25) is 14.9 Å². The quantitative estimate of drug-likeness (QED) is 0.435. The second-order valence-corrected chi connectivity index (χ2v) is 9.24. The number of hydrogen-bond acceptors (Lipinski definition) is 9. The molecule has 2 aliphatic rings. The summed E-state index contributed by atoms with van der Waals surface area (Å²) in [6.45, 7) is 0.714. The molecular weight excluding hydrogens is 452 g/mol. The predicted molar refractivity (Wildman–Crippen MR) is 130 cm³/mol. The van der Waals surface area contributed by atoms with Crippen LogP contribution in [-0.2, 0) is 11.3 Å². The molecule has 3 aromatic rings. The maximum Gasteiger partial charge on any atom is 0.290 e. The van der Waals surface area contributed by atoms with E-state index in [1.165, 1.54) is 0 Å². The molecule has 0 aromatic carbocycles. The lowest BCUT2D eigenvalue weighted by molar-refractivity contribution is -0.115. The summed E-state index contributed by atoms with van der Waals surface area (Å²) in [4.78, 5) is 36.9. The fourth-order valence-corrected chi connectivity index (χ4v) is 4.76. The van der Waals surface area contributed by atoms with Crippen molar-refractivity contribution in [3.05, 3.63) is 65.2 Å². The molecule has 4 heterocycles. The Kier molecular flexibility index (Phi) is 6.68. The van der Waals surface area contributed by atoms with Crippen molar-refractivity contribution < 1.29 is 14.0 Å². The van der Waals surface area contributed by atoms with Crippen molar-refractivity contribution in [3.63, 3.8) is 0 Å². The number of thioether (sulfide) groups is 1. The van der Waals surface area contributed by atoms with Crippen LogP contribution in [-0.4, -0.2) is 38.2 Å². The lowest BCUT2D eigenvalue weighted by atomic mass is 9.91. The monoisotopic (exact) mass is 476 g/mol. The molecule has 1 aliphatic heterocycles. The first-order valence-corrected chi connectivity index (χ1v) is 12.0. The van der Waals surface area contributed by atoms with Gasteiger partial charge in [-0.05, 0) is 73.9 Å². The number of rotatable bonds is 7. The van der Waals surface area contributed by atoms with Crippen LogP contribution in [0.15, 0.2) is 58.2 Å². The number of nitrogens with one attached hydrogen (secondary N) is 3. The van der Waals surface area contributed by atoms with Crippen molar-refractivity contribution in [1.29, 1.82) is 0 Å². The summed E-state index contributed by atoms with van der Waals surface area (Å²) < 4.78 is 5.44. The molecule has 2 amide bonds. The van der Waals surface area contributed by atoms with Gasteiger partial charge >= 0.3 is 0 Å². The number of imide groups is 1. The van der Waals surface area contributed by atoms with E-state index in [1.807, 2.05) is 30.3 Å². The minimum absolute atomic E-state index is 0.284. The third-order valence-electron chi connectivity index (χ3n) is 5.81. The van der Waals surface area contributed by atoms with E-state index < -0.39 is 5.91 Å². The van der Waals surface area contributed by atoms with Gasteiger partial charge in [0.2, 0.25) is 5.95 Å². The second-order valence-electron chi connectivity index (χ2n) is 8.22. The normalized spacial score (nSPS) is 21.6. The number of pyridine rings is 1. The van der Waals surface area contributed by atoms with Crippen molar-refractivity contribution in [2.24, 2.45) is 0 Å². The maximum atomic E-state index is 11.7. The minimum atomic E-state index is -0.392. The fourth-order valence-electron chi connectivity index (χ4n) is 4.09. The van der Waals surface area contributed by atoms with Gasteiger partial charge in [-0.2, -0.15) is 0 Å². The third kappa shape index (κ3) is 5.52. The van der Waals surface area contributed by atoms with Crippen molar-refractivity contribution in [2.75, 3.05) is 5.32 Å². The molecule has 34 heavy (non-hydrogen) atoms. The Hall–Kier alpha value is -3.50. The van der Waals surface area contributed by atoms with E-state index in [-0.39, 0.29) is 11.3 Å². The van der Waals surface area contributed by atoms with Crippen LogP contribution in [0.1, 0.15) is 37.1 Å². The van der Waals surface area contributed by atoms with Gasteiger partial charge in [-0.15, -0.1) is 0 Å². The number of amides is 2. The number of carbonyl (C=O) groups is 2. The molecule has 0 unspecified atom stereocenters. The van der Waals surface area contributed by atoms with Gasteiger partial charge in [0.25, 0.3) is 11.1 Å². The number of nitrogens with zero attached hydrogens (tertiary/aromatic N) is 3. The number of furan rings is 1. The third-order valence-corrected chi connectivity index (χ3v) is 6.62. The molecule has 0 atom stereocenters. The molecular formula is C24H24N6O3S. The molecule has 1 aliphatic carbocycles. The van der Waals surface area contributed by atoms with E-state index in [4.69, 9.17) is 4.42 Å². The van der Waals surface area contributed by atoms with Gasteiger partial charge in [0.05, 0.1) is 22.6 Å². The summed E-state index contributed by atoms with van der Waals surface area (Å²) in [5.41, 5.74) is 2.42. The van der Waals surface area contributed by atoms with Gasteiger partial charge in [0.1, 0.15) is 5.69 Å². The Morgan fingerprint density at radius 1 is 1.06 bits per heavy atom. The summed E-state index contributed by atoms with van der Waals surface area (Å²) in [6.07, 6.45) is 8.99. The molecule has 0 radical (unpaired) electrons. The Morgan fingerprint density at radius 3 is 2.68 bits per heavy atom. The van der Waals surface area contributed by atoms with Crippen LogP contribution in [0, 0.1) is 0 Å². The summed E-state index contributed by atoms with van der Waals surface area (Å²) in [5.74, 6) is 0.908. The van der Waals surface area contributed by atoms with E-state index in [1.54, 1.807) is 24.6 Å². The highest BCUT2D eigenvalue weighted by molar-refractivity contribution is 8.18. The minimum Gasteiger partial charge on any atom is -0.463 e. The van der Waals surface area contributed by atoms with Gasteiger partial charge in [0.15, 0.2) is 5.76 Å². The molecule has 174 valence electrons. The zero-order valence-electron chi connectivity index (χ0n) is 18.4. The van der Waals surface area contributed by atoms with Crippen LogP contribution in [0.25, 0.3) is 17.5 Å². The largest absolute Gasteiger partial charge is 0.463 e. The standard InChI is InChI=1S/C24H24N6O3S/c31-22-21(34-24(32)30-22)13-17-10-11-25-23(29-17)28-16-8-6-15(7-9-16)26-14-18-3-1-4-19(27-18)20-5-2-12-33-20/h1-5,10-13,15-16,26H,6-9,14H2,(H,25,28,29)(H,30,31,32)/b21-13+. The highest BCUT2D eigenvalue weighted by Crippen LogP contribution is 2.26. The molecule has 10 heteroatoms. The van der Waals surface area contributed by atoms with Crippen LogP contribution in [0.2, 0.25) is 0 Å². The zero-order chi connectivity index (χ0) is 23.3. The van der Waals surface area contributed by atoms with Crippen LogP contribution >= 0.6 is 11.8 Å². The molecule has 5 rings (SSSR count). The summed E-state index contributed by atoms with van der Waals surface area (Å²) in [6, 6.07) is 12.2. The first kappa shape index (κ1) is 22.3. The van der Waals surface area contributed by atoms with Gasteiger partial charge in [-0.25, -0.2) is 15.0 Å². The Morgan fingerprint density at radius 2 is 1.91 bits per heavy atom. The molecule has 9 nitrogen and oxygen atoms in total. The van der Waals surface area contributed by atoms with Crippen LogP contribution in [0.3, 0.4) is 0 Å². The van der Waals surface area contributed by atoms with E-state index in [2.05, 4.69) is 30.9 Å². The smallest absolute Gasteiger partial charge is 0.290 e. The predicted octanol–water partition coefficient (Wildman–Crippen LogP) is 3.97. The molecule has 0 bridgehead atoms. The zero-order valence-corrected chi connectivity index (χ0v) is 19.2. The lowest BCUT2D eigenvalue weighted by Gasteiger charge is -2.29. The van der Waals surface area contributed by atoms with Gasteiger partial charge in [-0.1, -0.05) is 6.07 Å². The highest BCUT2D eigenvalue weighted by Gasteiger charge is 2.25. The Labute approximate surface area is 200 Å². The van der Waals surface area contributed by atoms with E-state index in [0.29, 0.717) is 29.1 Å². The summed E-state index contributed by atoms with van der Waals surface area (Å²) in [7, 11) is 0. The van der Waals surface area contributed by atoms with E-state index in [9.17, 15) is 9.59 Å². The van der Waals surface area contributed by atoms with Crippen LogP contribution in [0.5, 0.6) is 0 Å². The number of anilines is 1. The average Bonchev–Trinajstić information content (AvgIpc) is 3.49. The number of carbonyl (C=O) groups excluding carboxylic acids is 2. The van der Waals surface area contributed by atoms with Gasteiger partial charge < -0.3 is 15.1 Å². The van der Waals surface area contributed by atoms with E-state index >= 15 is 0 Å². The maximum absolute atomic E-state index is 11.7. The SMILES string of the molecule is O=C1NC(=O)/C(=C\c2ccnc(NC3CCC(NCc4cccc(-c5ccco5)n4)CC3)n2)S1. The molecule has 3 aromatic heterocycles. The van der Waals surface area contributed by atoms with Crippen LogP contribution in [0.4, 0.5) is 10.7 Å². The lowest BCUT2D eigenvalue weighted by Crippen LogP contribution is -2.37. The molecule has 3 N–H and O–H groups in total. The van der Waals surface area contributed by atoms with E-state index in [0.717, 1.165) is 54.6 Å². The Balaban J connectivity index is 1.11. The number of aromatic nitrogens is 3. The first-order valence-electron chi connectivity index (χ1n) is 11.2. The van der Waals surface area contributed by atoms with Crippen molar-refractivity contribution in [1.82, 2.24) is 25.6 Å². The number of hydrogen-bond donors (Lipinski definition) is 3. The average molecular weight is 477 g/mol. The van der Waals surface area contributed by atoms with Crippen LogP contribution < -0.4 is 16.0 Å². The molecule has 1 saturated carbocycles.